The van der Waals surface area contributed by atoms with Crippen LogP contribution in [0.3, 0.4) is 0 Å². The van der Waals surface area contributed by atoms with Gasteiger partial charge in [-0.15, -0.1) is 17.7 Å². The molecule has 0 aliphatic rings. The Morgan fingerprint density at radius 3 is 2.44 bits per heavy atom. The summed E-state index contributed by atoms with van der Waals surface area (Å²) in [5.74, 6) is -0.213. The van der Waals surface area contributed by atoms with Gasteiger partial charge in [-0.25, -0.2) is 4.39 Å². The molecule has 0 radical (unpaired) electrons. The Labute approximate surface area is 134 Å². The van der Waals surface area contributed by atoms with Crippen LogP contribution in [0.2, 0.25) is 0 Å². The molecule has 2 aromatic rings. The summed E-state index contributed by atoms with van der Waals surface area (Å²) >= 11 is 0. The zero-order valence-electron chi connectivity index (χ0n) is 10.2. The number of halogens is 2. The first-order valence-corrected chi connectivity index (χ1v) is 5.18. The van der Waals surface area contributed by atoms with Gasteiger partial charge in [0.15, 0.2) is 0 Å². The predicted molar refractivity (Wildman–Crippen MR) is 69.5 cm³/mol. The number of hydrogen-bond acceptors (Lipinski definition) is 1. The molecule has 0 spiro atoms. The van der Waals surface area contributed by atoms with Crippen molar-refractivity contribution >= 4 is 28.7 Å². The minimum Gasteiger partial charge on any atom is -1.00 e. The van der Waals surface area contributed by atoms with E-state index in [-0.39, 0.29) is 45.9 Å². The number of para-hydroxylation sites is 1. The van der Waals surface area contributed by atoms with Crippen LogP contribution in [0.4, 0.5) is 10.1 Å². The molecule has 0 atom stereocenters. The van der Waals surface area contributed by atoms with Gasteiger partial charge in [-0.2, -0.15) is 12.1 Å². The van der Waals surface area contributed by atoms with Gasteiger partial charge in [0.05, 0.1) is 0 Å². The molecule has 4 heteroatoms. The van der Waals surface area contributed by atoms with Crippen LogP contribution in [0.15, 0.2) is 48.5 Å². The van der Waals surface area contributed by atoms with Gasteiger partial charge in [0.2, 0.25) is 0 Å². The first-order valence-electron chi connectivity index (χ1n) is 5.18. The van der Waals surface area contributed by atoms with Gasteiger partial charge in [0.1, 0.15) is 0 Å². The molecule has 18 heavy (non-hydrogen) atoms. The van der Waals surface area contributed by atoms with Gasteiger partial charge in [0.25, 0.3) is 0 Å². The van der Waals surface area contributed by atoms with Crippen molar-refractivity contribution in [2.45, 2.75) is 6.54 Å². The second-order valence-electron chi connectivity index (χ2n) is 3.72. The van der Waals surface area contributed by atoms with E-state index in [2.05, 4.69) is 11.0 Å². The zero-order chi connectivity index (χ0) is 11.4. The fraction of sp³-hybridized carbons (Fsp3) is 0.143. The minimum atomic E-state index is -0.213. The molecule has 0 aliphatic carbocycles. The molecule has 2 rings (SSSR count). The summed E-state index contributed by atoms with van der Waals surface area (Å²) in [6.07, 6.45) is 0. The summed E-state index contributed by atoms with van der Waals surface area (Å²) in [7, 11) is 1.98. The summed E-state index contributed by atoms with van der Waals surface area (Å²) in [6.45, 7) is 0.655. The predicted octanol–water partition coefficient (Wildman–Crippen LogP) is -0.115. The van der Waals surface area contributed by atoms with Gasteiger partial charge in [0, 0.05) is 25.1 Å². The summed E-state index contributed by atoms with van der Waals surface area (Å²) in [6, 6.07) is 17.6. The van der Waals surface area contributed by atoms with Crippen molar-refractivity contribution in [2.24, 2.45) is 0 Å². The second kappa shape index (κ2) is 8.51. The molecule has 0 amide bonds. The molecule has 0 heterocycles. The number of anilines is 1. The summed E-state index contributed by atoms with van der Waals surface area (Å²) in [5, 5.41) is 0. The largest absolute Gasteiger partial charge is 2.00 e. The van der Waals surface area contributed by atoms with E-state index in [4.69, 9.17) is 0 Å². The Bertz CT molecular complexity index is 464. The van der Waals surface area contributed by atoms with E-state index in [0.717, 1.165) is 11.3 Å². The Kier molecular flexibility index (Phi) is 8.23. The van der Waals surface area contributed by atoms with E-state index in [1.807, 2.05) is 37.4 Å². The van der Waals surface area contributed by atoms with Crippen LogP contribution in [0.5, 0.6) is 0 Å². The van der Waals surface area contributed by atoms with E-state index in [1.54, 1.807) is 6.07 Å². The van der Waals surface area contributed by atoms with Gasteiger partial charge in [-0.05, 0) is 12.1 Å². The van der Waals surface area contributed by atoms with Crippen molar-refractivity contribution in [3.63, 3.8) is 0 Å². The van der Waals surface area contributed by atoms with Crippen LogP contribution in [-0.4, -0.2) is 30.1 Å². The van der Waals surface area contributed by atoms with E-state index in [1.165, 1.54) is 12.1 Å². The number of nitrogens with zero attached hydrogens (tertiary/aromatic N) is 1. The summed E-state index contributed by atoms with van der Waals surface area (Å²) < 4.78 is 13.0. The topological polar surface area (TPSA) is 3.24 Å². The zero-order valence-corrected chi connectivity index (χ0v) is 13.2. The number of hydrogen-bond donors (Lipinski definition) is 0. The summed E-state index contributed by atoms with van der Waals surface area (Å²) in [5.41, 5.74) is 1.96. The smallest absolute Gasteiger partial charge is 1.00 e. The average molecular weight is 318 g/mol. The molecule has 90 valence electrons. The molecule has 1 nitrogen and oxygen atoms in total. The van der Waals surface area contributed by atoms with Crippen LogP contribution < -0.4 is 21.9 Å². The van der Waals surface area contributed by atoms with Crippen molar-refractivity contribution < 1.29 is 21.4 Å². The van der Waals surface area contributed by atoms with Crippen molar-refractivity contribution in [3.8, 4) is 0 Å². The third-order valence-electron chi connectivity index (χ3n) is 2.43. The molecule has 0 bridgehead atoms. The van der Waals surface area contributed by atoms with E-state index >= 15 is 0 Å². The molecule has 0 fully saturated rings. The normalized spacial score (nSPS) is 9.00. The molecule has 0 saturated carbocycles. The number of rotatable bonds is 3. The fourth-order valence-corrected chi connectivity index (χ4v) is 1.61. The standard InChI is InChI=1S/C14H13FN.BrH.Mg/c1-16(14-8-3-2-4-9-14)11-12-6-5-7-13(15)10-12;;/h2-5,7-10H,11H2,1H3;1H;/q-1;;+2/p-1. The molecular weight excluding hydrogens is 305 g/mol. The van der Waals surface area contributed by atoms with Crippen molar-refractivity contribution in [1.29, 1.82) is 0 Å². The SMILES string of the molecule is CN(Cc1[c-]ccc(F)c1)c1ccccc1.[Br-].[Mg+2]. The Hall–Kier alpha value is -0.584. The van der Waals surface area contributed by atoms with Gasteiger partial charge in [-0.3, -0.25) is 0 Å². The van der Waals surface area contributed by atoms with Crippen LogP contribution in [0, 0.1) is 11.9 Å². The van der Waals surface area contributed by atoms with Crippen LogP contribution >= 0.6 is 0 Å². The fourth-order valence-electron chi connectivity index (χ4n) is 1.61. The maximum absolute atomic E-state index is 13.0. The molecule has 0 saturated heterocycles. The van der Waals surface area contributed by atoms with Gasteiger partial charge >= 0.3 is 23.1 Å². The molecule has 2 aromatic carbocycles. The molecule has 0 N–H and O–H groups in total. The Morgan fingerprint density at radius 2 is 1.83 bits per heavy atom. The molecule has 0 aromatic heterocycles. The van der Waals surface area contributed by atoms with Crippen molar-refractivity contribution in [3.05, 3.63) is 66.0 Å². The second-order valence-corrected chi connectivity index (χ2v) is 3.72. The maximum Gasteiger partial charge on any atom is 2.00 e. The van der Waals surface area contributed by atoms with Crippen molar-refractivity contribution in [1.82, 2.24) is 0 Å². The number of benzene rings is 2. The van der Waals surface area contributed by atoms with E-state index < -0.39 is 0 Å². The molecule has 0 aliphatic heterocycles. The third-order valence-corrected chi connectivity index (χ3v) is 2.43. The first-order chi connectivity index (χ1) is 7.75. The van der Waals surface area contributed by atoms with Crippen molar-refractivity contribution in [2.75, 3.05) is 11.9 Å². The average Bonchev–Trinajstić information content (AvgIpc) is 2.30. The van der Waals surface area contributed by atoms with Gasteiger partial charge < -0.3 is 21.9 Å². The molecular formula is C14H13BrFMgN. The minimum absolute atomic E-state index is 0. The maximum atomic E-state index is 13.0. The van der Waals surface area contributed by atoms with Crippen LogP contribution in [0.25, 0.3) is 0 Å². The summed E-state index contributed by atoms with van der Waals surface area (Å²) in [4.78, 5) is 2.06. The Morgan fingerprint density at radius 1 is 1.17 bits per heavy atom. The van der Waals surface area contributed by atoms with Gasteiger partial charge in [-0.1, -0.05) is 18.2 Å². The first kappa shape index (κ1) is 17.4. The Balaban J connectivity index is 0.00000144. The van der Waals surface area contributed by atoms with E-state index in [0.29, 0.717) is 6.54 Å². The third kappa shape index (κ3) is 4.96. The van der Waals surface area contributed by atoms with E-state index in [9.17, 15) is 4.39 Å². The van der Waals surface area contributed by atoms with Crippen LogP contribution in [-0.2, 0) is 6.54 Å². The van der Waals surface area contributed by atoms with Crippen LogP contribution in [0.1, 0.15) is 5.56 Å². The quantitative estimate of drug-likeness (QED) is 0.564. The molecule has 0 unspecified atom stereocenters. The monoisotopic (exact) mass is 317 g/mol.